The smallest absolute Gasteiger partial charge is 0.154 e. The molecule has 3 aromatic carbocycles. The van der Waals surface area contributed by atoms with E-state index in [0.717, 1.165) is 53.2 Å². The maximum absolute atomic E-state index is 12.8. The van der Waals surface area contributed by atoms with Crippen LogP contribution in [0.15, 0.2) is 72.8 Å². The molecule has 0 unspecified atom stereocenters. The maximum atomic E-state index is 12.8. The minimum atomic E-state index is -0.433. The van der Waals surface area contributed by atoms with Crippen LogP contribution in [0.1, 0.15) is 72.8 Å². The van der Waals surface area contributed by atoms with E-state index in [1.807, 2.05) is 32.9 Å². The minimum absolute atomic E-state index is 0.240. The summed E-state index contributed by atoms with van der Waals surface area (Å²) in [5.41, 5.74) is 2.96. The van der Waals surface area contributed by atoms with Crippen LogP contribution in [0.3, 0.4) is 0 Å². The average Bonchev–Trinajstić information content (AvgIpc) is 2.93. The molecule has 40 heavy (non-hydrogen) atoms. The number of piperidine rings is 1. The molecule has 3 aromatic rings. The molecule has 1 fully saturated rings. The Balaban J connectivity index is 1.45. The number of hydrogen-bond acceptors (Lipinski definition) is 6. The quantitative estimate of drug-likeness (QED) is 0.188. The van der Waals surface area contributed by atoms with Crippen LogP contribution in [0, 0.1) is 10.4 Å². The van der Waals surface area contributed by atoms with E-state index in [4.69, 9.17) is 9.57 Å². The van der Waals surface area contributed by atoms with Crippen molar-refractivity contribution < 1.29 is 9.57 Å². The van der Waals surface area contributed by atoms with Crippen molar-refractivity contribution in [2.75, 3.05) is 18.3 Å². The number of rotatable bonds is 10. The molecule has 0 radical (unpaired) electrons. The molecule has 0 bridgehead atoms. The molecular formula is C33H44N3O4-. The number of anilines is 1. The summed E-state index contributed by atoms with van der Waals surface area (Å²) in [5.74, 6) is 1.34. The Morgan fingerprint density at radius 3 is 1.75 bits per heavy atom. The van der Waals surface area contributed by atoms with Gasteiger partial charge in [-0.15, -0.1) is 0 Å². The molecule has 216 valence electrons. The first kappa shape index (κ1) is 29.9. The highest BCUT2D eigenvalue weighted by atomic mass is 16.9. The average molecular weight is 547 g/mol. The number of nitrogens with zero attached hydrogens (tertiary/aromatic N) is 3. The Bertz CT molecular complexity index is 1210. The van der Waals surface area contributed by atoms with E-state index in [9.17, 15) is 10.4 Å². The summed E-state index contributed by atoms with van der Waals surface area (Å²) in [7, 11) is 0. The van der Waals surface area contributed by atoms with Gasteiger partial charge >= 0.3 is 0 Å². The second kappa shape index (κ2) is 12.2. The van der Waals surface area contributed by atoms with Gasteiger partial charge in [-0.2, -0.15) is 0 Å². The fourth-order valence-electron chi connectivity index (χ4n) is 5.09. The van der Waals surface area contributed by atoms with Gasteiger partial charge < -0.3 is 25.1 Å². The van der Waals surface area contributed by atoms with E-state index in [1.54, 1.807) is 24.3 Å². The molecule has 1 heterocycles. The van der Waals surface area contributed by atoms with Crippen molar-refractivity contribution >= 4 is 17.1 Å². The molecule has 0 aliphatic carbocycles. The predicted octanol–water partition coefficient (Wildman–Crippen LogP) is 8.47. The van der Waals surface area contributed by atoms with E-state index in [-0.39, 0.29) is 12.1 Å². The third kappa shape index (κ3) is 7.15. The summed E-state index contributed by atoms with van der Waals surface area (Å²) in [6.45, 7) is 14.3. The van der Waals surface area contributed by atoms with Crippen molar-refractivity contribution in [2.45, 2.75) is 84.9 Å². The van der Waals surface area contributed by atoms with E-state index in [0.29, 0.717) is 16.7 Å². The van der Waals surface area contributed by atoms with Gasteiger partial charge in [0.1, 0.15) is 22.7 Å². The zero-order chi connectivity index (χ0) is 29.0. The SMILES string of the molecule is CCC(C)(C)N([O-])Cc1ccc(N([O-])Oc2ccc([N+]3(c4ccc(OC(C)(C)C)cc4)CCCCC3)cc2)cc1. The van der Waals surface area contributed by atoms with Crippen LogP contribution in [0.2, 0.25) is 0 Å². The van der Waals surface area contributed by atoms with Crippen molar-refractivity contribution in [1.82, 2.24) is 9.55 Å². The number of quaternary nitrogens is 1. The number of benzene rings is 3. The molecule has 0 saturated carbocycles. The van der Waals surface area contributed by atoms with Gasteiger partial charge in [-0.25, -0.2) is 0 Å². The first-order valence-corrected chi connectivity index (χ1v) is 14.4. The van der Waals surface area contributed by atoms with E-state index in [2.05, 4.69) is 57.2 Å². The van der Waals surface area contributed by atoms with Gasteiger partial charge in [0.2, 0.25) is 0 Å². The van der Waals surface area contributed by atoms with Crippen LogP contribution < -0.4 is 19.3 Å². The molecule has 1 aliphatic rings. The summed E-state index contributed by atoms with van der Waals surface area (Å²) in [6.07, 6.45) is 4.31. The van der Waals surface area contributed by atoms with Crippen LogP contribution in [0.5, 0.6) is 11.5 Å². The van der Waals surface area contributed by atoms with Crippen LogP contribution in [-0.4, -0.2) is 29.3 Å². The Hall–Kier alpha value is -3.10. The Kier molecular flexibility index (Phi) is 9.10. The molecule has 1 aliphatic heterocycles. The Morgan fingerprint density at radius 1 is 0.725 bits per heavy atom. The highest BCUT2D eigenvalue weighted by Gasteiger charge is 2.35. The lowest BCUT2D eigenvalue weighted by Crippen LogP contribution is -2.48. The van der Waals surface area contributed by atoms with Crippen LogP contribution in [0.25, 0.3) is 0 Å². The molecule has 0 N–H and O–H groups in total. The van der Waals surface area contributed by atoms with Gasteiger partial charge in [0.25, 0.3) is 0 Å². The summed E-state index contributed by atoms with van der Waals surface area (Å²) in [5, 5.41) is 26.8. The lowest BCUT2D eigenvalue weighted by molar-refractivity contribution is 0.131. The van der Waals surface area contributed by atoms with E-state index < -0.39 is 5.54 Å². The van der Waals surface area contributed by atoms with Crippen LogP contribution in [-0.2, 0) is 6.54 Å². The van der Waals surface area contributed by atoms with Gasteiger partial charge in [-0.05, 0) is 102 Å². The van der Waals surface area contributed by atoms with Gasteiger partial charge in [-0.1, -0.05) is 19.1 Å². The van der Waals surface area contributed by atoms with Crippen molar-refractivity contribution in [3.63, 3.8) is 0 Å². The molecule has 7 nitrogen and oxygen atoms in total. The molecule has 0 atom stereocenters. The number of hydroxylamine groups is 2. The standard InChI is InChI=1S/C33H44N3O4/c1-7-33(5,6)34(37)25-26-11-13-27(14-12-26)35(38)40-31-21-17-29(18-22-31)36(23-9-8-10-24-36)28-15-19-30(20-16-28)39-32(2,3)4/h11-22H,7-10,23-25H2,1-6H3/q-1. The van der Waals surface area contributed by atoms with Gasteiger partial charge in [-0.3, -0.25) is 9.71 Å². The van der Waals surface area contributed by atoms with Crippen molar-refractivity contribution in [1.29, 1.82) is 0 Å². The number of hydrogen-bond donors (Lipinski definition) is 0. The largest absolute Gasteiger partial charge is 0.785 e. The highest BCUT2D eigenvalue weighted by Crippen LogP contribution is 2.40. The molecule has 1 saturated heterocycles. The normalized spacial score (nSPS) is 15.6. The van der Waals surface area contributed by atoms with Crippen molar-refractivity contribution in [2.24, 2.45) is 0 Å². The summed E-state index contributed by atoms with van der Waals surface area (Å²) in [6, 6.07) is 23.3. The predicted molar refractivity (Wildman–Crippen MR) is 164 cm³/mol. The lowest BCUT2D eigenvalue weighted by atomic mass is 10.0. The fourth-order valence-corrected chi connectivity index (χ4v) is 5.09. The second-order valence-electron chi connectivity index (χ2n) is 12.4. The molecular weight excluding hydrogens is 502 g/mol. The van der Waals surface area contributed by atoms with Gasteiger partial charge in [0.15, 0.2) is 5.75 Å². The Labute approximate surface area is 239 Å². The highest BCUT2D eigenvalue weighted by molar-refractivity contribution is 5.60. The molecule has 4 rings (SSSR count). The van der Waals surface area contributed by atoms with Crippen molar-refractivity contribution in [3.05, 3.63) is 88.8 Å². The van der Waals surface area contributed by atoms with Gasteiger partial charge in [0.05, 0.1) is 18.8 Å². The molecule has 7 heteroatoms. The monoisotopic (exact) mass is 546 g/mol. The maximum Gasteiger partial charge on any atom is 0.154 e. The first-order valence-electron chi connectivity index (χ1n) is 14.4. The molecule has 0 amide bonds. The van der Waals surface area contributed by atoms with E-state index in [1.165, 1.54) is 17.8 Å². The minimum Gasteiger partial charge on any atom is -0.785 e. The summed E-state index contributed by atoms with van der Waals surface area (Å²) in [4.78, 5) is 5.62. The molecule has 0 aromatic heterocycles. The zero-order valence-electron chi connectivity index (χ0n) is 24.9. The van der Waals surface area contributed by atoms with E-state index >= 15 is 0 Å². The second-order valence-corrected chi connectivity index (χ2v) is 12.4. The number of ether oxygens (including phenoxy) is 1. The topological polar surface area (TPSA) is 71.1 Å². The fraction of sp³-hybridized carbons (Fsp3) is 0.455. The van der Waals surface area contributed by atoms with Crippen LogP contribution >= 0.6 is 0 Å². The zero-order valence-corrected chi connectivity index (χ0v) is 24.9. The van der Waals surface area contributed by atoms with Crippen molar-refractivity contribution in [3.8, 4) is 11.5 Å². The summed E-state index contributed by atoms with van der Waals surface area (Å²) >= 11 is 0. The summed E-state index contributed by atoms with van der Waals surface area (Å²) < 4.78 is 6.81. The third-order valence-electron chi connectivity index (χ3n) is 7.87. The lowest BCUT2D eigenvalue weighted by Gasteiger charge is -2.43. The molecule has 0 spiro atoms. The van der Waals surface area contributed by atoms with Gasteiger partial charge in [0, 0.05) is 36.3 Å². The Morgan fingerprint density at radius 2 is 1.25 bits per heavy atom. The van der Waals surface area contributed by atoms with Crippen LogP contribution in [0.4, 0.5) is 17.1 Å². The third-order valence-corrected chi connectivity index (χ3v) is 7.87. The first-order chi connectivity index (χ1) is 18.9.